The molecule has 0 aliphatic rings. The van der Waals surface area contributed by atoms with Crippen LogP contribution in [0.3, 0.4) is 0 Å². The van der Waals surface area contributed by atoms with Gasteiger partial charge in [-0.15, -0.1) is 0 Å². The lowest BCUT2D eigenvalue weighted by Gasteiger charge is -2.00. The Morgan fingerprint density at radius 1 is 1.45 bits per heavy atom. The van der Waals surface area contributed by atoms with Crippen molar-refractivity contribution >= 4 is 33.8 Å². The molecule has 0 N–H and O–H groups in total. The van der Waals surface area contributed by atoms with E-state index in [2.05, 4.69) is 4.98 Å². The fourth-order valence-corrected chi connectivity index (χ4v) is 1.77. The van der Waals surface area contributed by atoms with Crippen LogP contribution < -0.4 is 5.44 Å². The molecule has 2 nitrogen and oxygen atoms in total. The molecule has 1 rings (SSSR count). The van der Waals surface area contributed by atoms with Crippen LogP contribution in [-0.2, 0) is 4.57 Å². The molecule has 0 aromatic carbocycles. The molecule has 0 bridgehead atoms. The highest BCUT2D eigenvalue weighted by atomic mass is 35.9. The molecule has 60 valence electrons. The van der Waals surface area contributed by atoms with Crippen molar-refractivity contribution in [3.05, 3.63) is 23.9 Å². The molecule has 0 spiro atoms. The van der Waals surface area contributed by atoms with Gasteiger partial charge in [0, 0.05) is 5.69 Å². The van der Waals surface area contributed by atoms with Gasteiger partial charge in [0.15, 0.2) is 0 Å². The fraction of sp³-hybridized carbons (Fsp3) is 0.167. The first-order chi connectivity index (χ1) is 5.00. The average molecular weight is 210 g/mol. The molecule has 0 atom stereocenters. The lowest BCUT2D eigenvalue weighted by atomic mass is 10.4. The summed E-state index contributed by atoms with van der Waals surface area (Å²) < 4.78 is 11.0. The molecule has 0 fully saturated rings. The lowest BCUT2D eigenvalue weighted by Crippen LogP contribution is -2.03. The Morgan fingerprint density at radius 2 is 2.09 bits per heavy atom. The summed E-state index contributed by atoms with van der Waals surface area (Å²) in [5.74, 6) is -3.21. The lowest BCUT2D eigenvalue weighted by molar-refractivity contribution is 0.597. The highest BCUT2D eigenvalue weighted by Gasteiger charge is 2.18. The summed E-state index contributed by atoms with van der Waals surface area (Å²) in [6, 6.07) is 5.05. The quantitative estimate of drug-likeness (QED) is 0.667. The van der Waals surface area contributed by atoms with E-state index in [0.29, 0.717) is 0 Å². The zero-order valence-corrected chi connectivity index (χ0v) is 8.20. The number of aryl methyl sites for hydroxylation is 1. The summed E-state index contributed by atoms with van der Waals surface area (Å²) in [6.07, 6.45) is 0. The molecule has 0 aliphatic heterocycles. The van der Waals surface area contributed by atoms with E-state index in [4.69, 9.17) is 22.5 Å². The topological polar surface area (TPSA) is 30.0 Å². The van der Waals surface area contributed by atoms with E-state index in [1.807, 2.05) is 0 Å². The third kappa shape index (κ3) is 2.48. The molecule has 0 aliphatic carbocycles. The van der Waals surface area contributed by atoms with Crippen molar-refractivity contribution in [2.24, 2.45) is 0 Å². The van der Waals surface area contributed by atoms with Crippen LogP contribution in [0.4, 0.5) is 0 Å². The van der Waals surface area contributed by atoms with Crippen LogP contribution in [0.5, 0.6) is 0 Å². The molecule has 0 saturated heterocycles. The predicted octanol–water partition coefficient (Wildman–Crippen LogP) is 2.69. The summed E-state index contributed by atoms with van der Waals surface area (Å²) in [6.45, 7) is 1.78. The van der Waals surface area contributed by atoms with Gasteiger partial charge >= 0.3 is 0 Å². The second-order valence-electron chi connectivity index (χ2n) is 2.10. The normalized spacial score (nSPS) is 11.5. The van der Waals surface area contributed by atoms with Gasteiger partial charge in [0.1, 0.15) is 5.44 Å². The summed E-state index contributed by atoms with van der Waals surface area (Å²) in [5.41, 5.74) is 1.00. The second kappa shape index (κ2) is 3.14. The van der Waals surface area contributed by atoms with E-state index >= 15 is 0 Å². The molecule has 1 heterocycles. The average Bonchev–Trinajstić information content (AvgIpc) is 1.86. The molecule has 5 heteroatoms. The molecule has 0 radical (unpaired) electrons. The van der Waals surface area contributed by atoms with E-state index in [1.54, 1.807) is 25.1 Å². The molecular formula is C6H6Cl2NOP. The Morgan fingerprint density at radius 3 is 2.45 bits per heavy atom. The van der Waals surface area contributed by atoms with E-state index in [1.165, 1.54) is 0 Å². The Kier molecular flexibility index (Phi) is 2.58. The Balaban J connectivity index is 3.17. The van der Waals surface area contributed by atoms with Gasteiger partial charge in [0.2, 0.25) is 0 Å². The molecule has 11 heavy (non-hydrogen) atoms. The number of pyridine rings is 1. The number of nitrogens with zero attached hydrogens (tertiary/aromatic N) is 1. The smallest absolute Gasteiger partial charge is 0.282 e. The van der Waals surface area contributed by atoms with Gasteiger partial charge in [-0.25, -0.2) is 4.98 Å². The van der Waals surface area contributed by atoms with E-state index in [-0.39, 0.29) is 5.44 Å². The summed E-state index contributed by atoms with van der Waals surface area (Å²) in [4.78, 5) is 3.92. The minimum Gasteiger partial charge on any atom is -0.282 e. The molecule has 0 saturated carbocycles. The van der Waals surface area contributed by atoms with Crippen molar-refractivity contribution in [1.29, 1.82) is 0 Å². The van der Waals surface area contributed by atoms with Crippen LogP contribution in [0.15, 0.2) is 18.2 Å². The first kappa shape index (κ1) is 9.05. The molecule has 0 unspecified atom stereocenters. The van der Waals surface area contributed by atoms with Gasteiger partial charge in [-0.1, -0.05) is 6.07 Å². The molecular weight excluding hydrogens is 204 g/mol. The highest BCUT2D eigenvalue weighted by Crippen LogP contribution is 2.54. The fourth-order valence-electron chi connectivity index (χ4n) is 0.674. The van der Waals surface area contributed by atoms with Gasteiger partial charge in [-0.05, 0) is 41.5 Å². The Bertz CT molecular complexity index is 309. The summed E-state index contributed by atoms with van der Waals surface area (Å²) in [7, 11) is 0. The number of aromatic nitrogens is 1. The van der Waals surface area contributed by atoms with Crippen molar-refractivity contribution in [2.75, 3.05) is 0 Å². The van der Waals surface area contributed by atoms with E-state index in [0.717, 1.165) is 5.69 Å². The Labute approximate surface area is 74.5 Å². The number of halogens is 2. The number of hydrogen-bond acceptors (Lipinski definition) is 2. The van der Waals surface area contributed by atoms with Gasteiger partial charge in [-0.2, -0.15) is 0 Å². The predicted molar refractivity (Wildman–Crippen MR) is 47.9 cm³/mol. The largest absolute Gasteiger partial charge is 0.299 e. The van der Waals surface area contributed by atoms with Crippen LogP contribution in [0.1, 0.15) is 5.69 Å². The standard InChI is InChI=1S/C6H6Cl2NOP/c1-5-3-2-4-6(9-5)11(7,8)10/h2-4H,1H3. The number of rotatable bonds is 1. The van der Waals surface area contributed by atoms with Crippen LogP contribution >= 0.6 is 28.3 Å². The highest BCUT2D eigenvalue weighted by molar-refractivity contribution is 8.13. The second-order valence-corrected chi connectivity index (χ2v) is 6.86. The van der Waals surface area contributed by atoms with Gasteiger partial charge in [-0.3, -0.25) is 4.57 Å². The monoisotopic (exact) mass is 209 g/mol. The SMILES string of the molecule is Cc1cccc(P(=O)(Cl)Cl)n1. The first-order valence-corrected chi connectivity index (χ1v) is 6.45. The van der Waals surface area contributed by atoms with Crippen LogP contribution in [-0.4, -0.2) is 4.98 Å². The summed E-state index contributed by atoms with van der Waals surface area (Å²) >= 11 is 10.8. The van der Waals surface area contributed by atoms with Crippen molar-refractivity contribution in [3.63, 3.8) is 0 Å². The van der Waals surface area contributed by atoms with Gasteiger partial charge in [0.25, 0.3) is 5.85 Å². The van der Waals surface area contributed by atoms with Gasteiger partial charge < -0.3 is 0 Å². The molecule has 0 amide bonds. The third-order valence-corrected chi connectivity index (χ3v) is 2.96. The Hall–Kier alpha value is -0.0400. The van der Waals surface area contributed by atoms with Crippen molar-refractivity contribution in [3.8, 4) is 0 Å². The molecule has 1 aromatic rings. The van der Waals surface area contributed by atoms with Crippen molar-refractivity contribution in [1.82, 2.24) is 4.98 Å². The van der Waals surface area contributed by atoms with Crippen LogP contribution in [0, 0.1) is 6.92 Å². The zero-order valence-electron chi connectivity index (χ0n) is 5.79. The van der Waals surface area contributed by atoms with Gasteiger partial charge in [0.05, 0.1) is 0 Å². The van der Waals surface area contributed by atoms with Crippen LogP contribution in [0.2, 0.25) is 0 Å². The van der Waals surface area contributed by atoms with Crippen molar-refractivity contribution < 1.29 is 4.57 Å². The van der Waals surface area contributed by atoms with E-state index in [9.17, 15) is 4.57 Å². The first-order valence-electron chi connectivity index (χ1n) is 2.94. The maximum absolute atomic E-state index is 11.0. The van der Waals surface area contributed by atoms with Crippen LogP contribution in [0.25, 0.3) is 0 Å². The molecule has 1 aromatic heterocycles. The minimum absolute atomic E-state index is 0.251. The summed E-state index contributed by atoms with van der Waals surface area (Å²) in [5, 5.41) is 0. The third-order valence-electron chi connectivity index (χ3n) is 1.14. The van der Waals surface area contributed by atoms with E-state index < -0.39 is 5.85 Å². The zero-order chi connectivity index (χ0) is 8.48. The van der Waals surface area contributed by atoms with Crippen molar-refractivity contribution in [2.45, 2.75) is 6.92 Å². The maximum atomic E-state index is 11.0. The number of hydrogen-bond donors (Lipinski definition) is 0. The minimum atomic E-state index is -3.21. The maximum Gasteiger partial charge on any atom is 0.299 e.